The van der Waals surface area contributed by atoms with Crippen LogP contribution in [0.2, 0.25) is 0 Å². The van der Waals surface area contributed by atoms with Crippen LogP contribution in [0.3, 0.4) is 0 Å². The molecule has 1 N–H and O–H groups in total. The fourth-order valence-electron chi connectivity index (χ4n) is 1.65. The quantitative estimate of drug-likeness (QED) is 0.921. The molecule has 0 aliphatic rings. The third-order valence-electron chi connectivity index (χ3n) is 2.57. The Morgan fingerprint density at radius 1 is 1.26 bits per heavy atom. The van der Waals surface area contributed by atoms with Crippen molar-refractivity contribution >= 4 is 5.97 Å². The Bertz CT molecular complexity index is 695. The lowest BCUT2D eigenvalue weighted by molar-refractivity contribution is 0.0694. The zero-order valence-corrected chi connectivity index (χ0v) is 9.64. The van der Waals surface area contributed by atoms with E-state index in [1.165, 1.54) is 10.8 Å². The number of aromatic nitrogens is 1. The largest absolute Gasteiger partial charge is 0.477 e. The van der Waals surface area contributed by atoms with Gasteiger partial charge in [-0.2, -0.15) is 0 Å². The summed E-state index contributed by atoms with van der Waals surface area (Å²) >= 11 is 0. The number of nitrogens with zero attached hydrogens (tertiary/aromatic N) is 1. The topological polar surface area (TPSA) is 59.3 Å². The summed E-state index contributed by atoms with van der Waals surface area (Å²) < 4.78 is 27.7. The van der Waals surface area contributed by atoms with E-state index in [-0.39, 0.29) is 12.1 Å². The maximum atomic E-state index is 13.4. The van der Waals surface area contributed by atoms with Gasteiger partial charge in [0.1, 0.15) is 17.2 Å². The molecule has 0 unspecified atom stereocenters. The van der Waals surface area contributed by atoms with E-state index in [1.54, 1.807) is 0 Å². The molecule has 98 valence electrons. The van der Waals surface area contributed by atoms with E-state index >= 15 is 0 Å². The molecule has 0 aliphatic carbocycles. The third kappa shape index (κ3) is 2.85. The summed E-state index contributed by atoms with van der Waals surface area (Å²) in [5, 5.41) is 8.81. The molecule has 4 nitrogen and oxygen atoms in total. The summed E-state index contributed by atoms with van der Waals surface area (Å²) in [6.45, 7) is -0.0653. The molecule has 19 heavy (non-hydrogen) atoms. The number of carboxylic acid groups (broad SMARTS) is 1. The number of rotatable bonds is 3. The van der Waals surface area contributed by atoms with Crippen molar-refractivity contribution in [1.82, 2.24) is 4.57 Å². The fraction of sp³-hybridized carbons (Fsp3) is 0.0769. The van der Waals surface area contributed by atoms with Gasteiger partial charge in [0, 0.05) is 24.0 Å². The van der Waals surface area contributed by atoms with Crippen molar-refractivity contribution in [2.24, 2.45) is 0 Å². The standard InChI is InChI=1S/C13H9F2NO3/c14-9-1-2-11(15)8(5-9)6-16-4-3-12(17)10(7-16)13(18)19/h1-5,7H,6H2,(H,18,19). The number of hydrogen-bond acceptors (Lipinski definition) is 2. The molecule has 2 rings (SSSR count). The first-order valence-electron chi connectivity index (χ1n) is 5.34. The number of carbonyl (C=O) groups is 1. The van der Waals surface area contributed by atoms with Crippen molar-refractivity contribution in [2.75, 3.05) is 0 Å². The van der Waals surface area contributed by atoms with Gasteiger partial charge in [0.05, 0.1) is 6.54 Å². The molecule has 6 heteroatoms. The minimum atomic E-state index is -1.36. The van der Waals surface area contributed by atoms with Crippen molar-refractivity contribution in [3.63, 3.8) is 0 Å². The molecule has 0 bridgehead atoms. The van der Waals surface area contributed by atoms with E-state index in [9.17, 15) is 18.4 Å². The first-order valence-corrected chi connectivity index (χ1v) is 5.34. The molecular formula is C13H9F2NO3. The van der Waals surface area contributed by atoms with Crippen molar-refractivity contribution in [1.29, 1.82) is 0 Å². The van der Waals surface area contributed by atoms with Gasteiger partial charge >= 0.3 is 5.97 Å². The highest BCUT2D eigenvalue weighted by molar-refractivity contribution is 5.86. The van der Waals surface area contributed by atoms with Gasteiger partial charge in [-0.15, -0.1) is 0 Å². The van der Waals surface area contributed by atoms with Crippen LogP contribution in [0.4, 0.5) is 8.78 Å². The molecule has 0 amide bonds. The summed E-state index contributed by atoms with van der Waals surface area (Å²) in [5.41, 5.74) is -0.984. The maximum absolute atomic E-state index is 13.4. The second-order valence-electron chi connectivity index (χ2n) is 3.94. The van der Waals surface area contributed by atoms with Gasteiger partial charge < -0.3 is 9.67 Å². The van der Waals surface area contributed by atoms with Crippen molar-refractivity contribution in [3.8, 4) is 0 Å². The number of carboxylic acids is 1. The molecule has 1 aromatic heterocycles. The van der Waals surface area contributed by atoms with E-state index in [1.807, 2.05) is 0 Å². The lowest BCUT2D eigenvalue weighted by Gasteiger charge is -2.08. The lowest BCUT2D eigenvalue weighted by atomic mass is 10.2. The van der Waals surface area contributed by atoms with Crippen molar-refractivity contribution in [3.05, 3.63) is 69.6 Å². The second kappa shape index (κ2) is 5.01. The highest BCUT2D eigenvalue weighted by atomic mass is 19.1. The molecule has 0 fully saturated rings. The molecule has 1 aromatic carbocycles. The first-order chi connectivity index (χ1) is 8.97. The van der Waals surface area contributed by atoms with Crippen LogP contribution < -0.4 is 5.43 Å². The normalized spacial score (nSPS) is 10.4. The van der Waals surface area contributed by atoms with Crippen LogP contribution in [0.5, 0.6) is 0 Å². The second-order valence-corrected chi connectivity index (χ2v) is 3.94. The van der Waals surface area contributed by atoms with Gasteiger partial charge in [0.25, 0.3) is 0 Å². The number of halogens is 2. The predicted molar refractivity (Wildman–Crippen MR) is 63.1 cm³/mol. The smallest absolute Gasteiger partial charge is 0.341 e. The monoisotopic (exact) mass is 265 g/mol. The summed E-state index contributed by atoms with van der Waals surface area (Å²) in [6, 6.07) is 4.08. The Morgan fingerprint density at radius 3 is 2.68 bits per heavy atom. The molecule has 0 aliphatic heterocycles. The van der Waals surface area contributed by atoms with Gasteiger partial charge in [-0.25, -0.2) is 13.6 Å². The molecule has 0 spiro atoms. The van der Waals surface area contributed by atoms with Crippen molar-refractivity contribution in [2.45, 2.75) is 6.54 Å². The predicted octanol–water partition coefficient (Wildman–Crippen LogP) is 1.87. The fourth-order valence-corrected chi connectivity index (χ4v) is 1.65. The van der Waals surface area contributed by atoms with Gasteiger partial charge in [0.15, 0.2) is 5.43 Å². The average molecular weight is 265 g/mol. The number of pyridine rings is 1. The number of aromatic carboxylic acids is 1. The van der Waals surface area contributed by atoms with E-state index in [4.69, 9.17) is 5.11 Å². The van der Waals surface area contributed by atoms with E-state index < -0.39 is 28.6 Å². The molecule has 0 saturated carbocycles. The van der Waals surface area contributed by atoms with Gasteiger partial charge in [-0.05, 0) is 18.2 Å². The van der Waals surface area contributed by atoms with Gasteiger partial charge in [-0.3, -0.25) is 4.79 Å². The van der Waals surface area contributed by atoms with Crippen molar-refractivity contribution < 1.29 is 18.7 Å². The van der Waals surface area contributed by atoms with Crippen LogP contribution in [0.15, 0.2) is 41.5 Å². The van der Waals surface area contributed by atoms with Crippen LogP contribution in [0.1, 0.15) is 15.9 Å². The van der Waals surface area contributed by atoms with E-state index in [0.29, 0.717) is 0 Å². The Balaban J connectivity index is 2.39. The molecule has 0 saturated heterocycles. The molecule has 0 radical (unpaired) electrons. The van der Waals surface area contributed by atoms with Crippen LogP contribution >= 0.6 is 0 Å². The van der Waals surface area contributed by atoms with E-state index in [0.717, 1.165) is 30.5 Å². The summed E-state index contributed by atoms with van der Waals surface area (Å²) in [6.07, 6.45) is 2.41. The summed E-state index contributed by atoms with van der Waals surface area (Å²) in [4.78, 5) is 22.1. The Kier molecular flexibility index (Phi) is 3.41. The maximum Gasteiger partial charge on any atom is 0.341 e. The average Bonchev–Trinajstić information content (AvgIpc) is 2.36. The highest BCUT2D eigenvalue weighted by Gasteiger charge is 2.10. The molecule has 2 aromatic rings. The zero-order chi connectivity index (χ0) is 14.0. The highest BCUT2D eigenvalue weighted by Crippen LogP contribution is 2.11. The van der Waals surface area contributed by atoms with Crippen LogP contribution in [-0.4, -0.2) is 15.6 Å². The number of benzene rings is 1. The van der Waals surface area contributed by atoms with E-state index in [2.05, 4.69) is 0 Å². The van der Waals surface area contributed by atoms with Gasteiger partial charge in [0.2, 0.25) is 0 Å². The Hall–Kier alpha value is -2.50. The summed E-state index contributed by atoms with van der Waals surface area (Å²) in [5.74, 6) is -2.55. The first kappa shape index (κ1) is 12.9. The number of hydrogen-bond donors (Lipinski definition) is 1. The Morgan fingerprint density at radius 2 is 2.00 bits per heavy atom. The van der Waals surface area contributed by atoms with Crippen LogP contribution in [0, 0.1) is 11.6 Å². The minimum absolute atomic E-state index is 0.0653. The molecule has 1 heterocycles. The van der Waals surface area contributed by atoms with Crippen LogP contribution in [0.25, 0.3) is 0 Å². The van der Waals surface area contributed by atoms with Gasteiger partial charge in [-0.1, -0.05) is 0 Å². The SMILES string of the molecule is O=C(O)c1cn(Cc2cc(F)ccc2F)ccc1=O. The molecule has 0 atom stereocenters. The van der Waals surface area contributed by atoms with Crippen LogP contribution in [-0.2, 0) is 6.54 Å². The lowest BCUT2D eigenvalue weighted by Crippen LogP contribution is -2.17. The third-order valence-corrected chi connectivity index (χ3v) is 2.57. The minimum Gasteiger partial charge on any atom is -0.477 e. The zero-order valence-electron chi connectivity index (χ0n) is 9.64. The Labute approximate surface area is 106 Å². The molecular weight excluding hydrogens is 256 g/mol. The summed E-state index contributed by atoms with van der Waals surface area (Å²) in [7, 11) is 0.